The molecule has 0 radical (unpaired) electrons. The lowest BCUT2D eigenvalue weighted by Gasteiger charge is -2.40. The van der Waals surface area contributed by atoms with Crippen molar-refractivity contribution in [3.05, 3.63) is 29.8 Å². The van der Waals surface area contributed by atoms with Crippen LogP contribution in [0.4, 0.5) is 5.69 Å². The third-order valence-electron chi connectivity index (χ3n) is 4.62. The maximum Gasteiger partial charge on any atom is 0.326 e. The van der Waals surface area contributed by atoms with Crippen LogP contribution in [0.15, 0.2) is 24.3 Å². The number of nitrogens with zero attached hydrogens (tertiary/aromatic N) is 2. The molecule has 0 aliphatic rings. The van der Waals surface area contributed by atoms with Crippen molar-refractivity contribution in [2.45, 2.75) is 51.6 Å². The summed E-state index contributed by atoms with van der Waals surface area (Å²) in [6.07, 6.45) is -0.560. The molecule has 0 fully saturated rings. The minimum atomic E-state index is -1.24. The minimum absolute atomic E-state index is 0.0333. The number of hydrogen-bond donors (Lipinski definition) is 4. The Balaban J connectivity index is 3.03. The lowest BCUT2D eigenvalue weighted by Crippen LogP contribution is -2.55. The van der Waals surface area contributed by atoms with E-state index in [0.29, 0.717) is 18.7 Å². The molecule has 0 heterocycles. The highest BCUT2D eigenvalue weighted by molar-refractivity contribution is 5.86. The van der Waals surface area contributed by atoms with Gasteiger partial charge in [0, 0.05) is 30.7 Å². The van der Waals surface area contributed by atoms with Gasteiger partial charge in [0.1, 0.15) is 6.04 Å². The zero-order valence-electron chi connectivity index (χ0n) is 17.7. The quantitative estimate of drug-likeness (QED) is 0.389. The van der Waals surface area contributed by atoms with Gasteiger partial charge in [0.25, 0.3) is 0 Å². The van der Waals surface area contributed by atoms with Crippen molar-refractivity contribution in [1.82, 2.24) is 4.90 Å². The minimum Gasteiger partial charge on any atom is -0.481 e. The first-order valence-electron chi connectivity index (χ1n) is 9.83. The van der Waals surface area contributed by atoms with Crippen LogP contribution >= 0.6 is 0 Å². The fraction of sp³-hybridized carbons (Fsp3) is 0.571. The van der Waals surface area contributed by atoms with Gasteiger partial charge in [0.15, 0.2) is 0 Å². The third kappa shape index (κ3) is 7.64. The Morgan fingerprint density at radius 1 is 0.967 bits per heavy atom. The maximum atomic E-state index is 13.0. The molecule has 1 aromatic carbocycles. The Hall–Kier alpha value is -2.65. The largest absolute Gasteiger partial charge is 0.481 e. The number of carbonyl (C=O) groups excluding carboxylic acids is 1. The zero-order valence-corrected chi connectivity index (χ0v) is 17.7. The van der Waals surface area contributed by atoms with Crippen LogP contribution in [0.5, 0.6) is 0 Å². The molecule has 0 bridgehead atoms. The van der Waals surface area contributed by atoms with Gasteiger partial charge in [-0.3, -0.25) is 9.59 Å². The highest BCUT2D eigenvalue weighted by Crippen LogP contribution is 2.23. The molecule has 9 heteroatoms. The van der Waals surface area contributed by atoms with Crippen molar-refractivity contribution >= 4 is 23.5 Å². The van der Waals surface area contributed by atoms with Gasteiger partial charge in [-0.15, -0.1) is 0 Å². The lowest BCUT2D eigenvalue weighted by molar-refractivity contribution is -0.156. The number of aliphatic hydroxyl groups is 2. The molecule has 0 aromatic heterocycles. The van der Waals surface area contributed by atoms with Crippen molar-refractivity contribution < 1.29 is 34.8 Å². The van der Waals surface area contributed by atoms with Crippen LogP contribution < -0.4 is 4.90 Å². The third-order valence-corrected chi connectivity index (χ3v) is 4.62. The number of benzene rings is 1. The first kappa shape index (κ1) is 25.4. The molecule has 1 aromatic rings. The van der Waals surface area contributed by atoms with Crippen LogP contribution in [0, 0.1) is 0 Å². The highest BCUT2D eigenvalue weighted by atomic mass is 16.4. The first-order valence-corrected chi connectivity index (χ1v) is 9.83. The fourth-order valence-electron chi connectivity index (χ4n) is 3.33. The molecule has 1 rings (SSSR count). The monoisotopic (exact) mass is 424 g/mol. The molecule has 1 atom stereocenters. The van der Waals surface area contributed by atoms with Gasteiger partial charge in [-0.05, 0) is 44.9 Å². The van der Waals surface area contributed by atoms with Gasteiger partial charge < -0.3 is 30.2 Å². The van der Waals surface area contributed by atoms with Crippen LogP contribution in [-0.2, 0) is 20.8 Å². The Kier molecular flexibility index (Phi) is 9.74. The van der Waals surface area contributed by atoms with E-state index >= 15 is 0 Å². The van der Waals surface area contributed by atoms with Gasteiger partial charge in [-0.1, -0.05) is 12.1 Å². The van der Waals surface area contributed by atoms with Crippen molar-refractivity contribution in [3.8, 4) is 0 Å². The average molecular weight is 424 g/mol. The standard InChI is InChI=1S/C21H32N2O7/c1-21(2,3)23(17(20(29)30)8-9-19(27)28)18(26)14-15-4-6-16(7-5-15)22(10-12-24)11-13-25/h4-7,17,24-25H,8-14H2,1-3H3,(H,27,28)(H,29,30)/t17-/m0/s1. The van der Waals surface area contributed by atoms with Gasteiger partial charge in [-0.2, -0.15) is 0 Å². The summed E-state index contributed by atoms with van der Waals surface area (Å²) in [5, 5.41) is 36.8. The van der Waals surface area contributed by atoms with E-state index in [4.69, 9.17) is 15.3 Å². The van der Waals surface area contributed by atoms with E-state index < -0.39 is 29.4 Å². The number of carboxylic acids is 2. The van der Waals surface area contributed by atoms with Crippen LogP contribution in [0.2, 0.25) is 0 Å². The van der Waals surface area contributed by atoms with E-state index in [1.54, 1.807) is 49.9 Å². The Morgan fingerprint density at radius 2 is 1.50 bits per heavy atom. The molecule has 0 aliphatic carbocycles. The van der Waals surface area contributed by atoms with Crippen LogP contribution in [-0.4, -0.2) is 81.1 Å². The highest BCUT2D eigenvalue weighted by Gasteiger charge is 2.37. The predicted molar refractivity (Wildman–Crippen MR) is 111 cm³/mol. The summed E-state index contributed by atoms with van der Waals surface area (Å²) in [4.78, 5) is 38.7. The van der Waals surface area contributed by atoms with Crippen LogP contribution in [0.25, 0.3) is 0 Å². The number of hydrogen-bond acceptors (Lipinski definition) is 6. The average Bonchev–Trinajstić information content (AvgIpc) is 2.64. The SMILES string of the molecule is CC(C)(C)N(C(=O)Cc1ccc(N(CCO)CCO)cc1)[C@@H](CCC(=O)O)C(=O)O. The summed E-state index contributed by atoms with van der Waals surface area (Å²) >= 11 is 0. The second kappa shape index (κ2) is 11.5. The molecule has 0 saturated carbocycles. The second-order valence-electron chi connectivity index (χ2n) is 8.00. The smallest absolute Gasteiger partial charge is 0.326 e. The van der Waals surface area contributed by atoms with E-state index in [1.165, 1.54) is 4.90 Å². The number of amides is 1. The molecular formula is C21H32N2O7. The van der Waals surface area contributed by atoms with E-state index in [2.05, 4.69) is 0 Å². The fourth-order valence-corrected chi connectivity index (χ4v) is 3.33. The summed E-state index contributed by atoms with van der Waals surface area (Å²) in [6.45, 7) is 5.74. The van der Waals surface area contributed by atoms with E-state index in [1.807, 2.05) is 0 Å². The van der Waals surface area contributed by atoms with Crippen molar-refractivity contribution in [2.24, 2.45) is 0 Å². The zero-order chi connectivity index (χ0) is 22.9. The van der Waals surface area contributed by atoms with E-state index in [9.17, 15) is 19.5 Å². The molecule has 9 nitrogen and oxygen atoms in total. The van der Waals surface area contributed by atoms with E-state index in [0.717, 1.165) is 5.69 Å². The number of carbonyl (C=O) groups is 3. The predicted octanol–water partition coefficient (Wildman–Crippen LogP) is 0.965. The molecule has 30 heavy (non-hydrogen) atoms. The topological polar surface area (TPSA) is 139 Å². The Labute approximate surface area is 176 Å². The van der Waals surface area contributed by atoms with Crippen LogP contribution in [0.1, 0.15) is 39.2 Å². The summed E-state index contributed by atoms with van der Waals surface area (Å²) in [7, 11) is 0. The number of rotatable bonds is 12. The summed E-state index contributed by atoms with van der Waals surface area (Å²) < 4.78 is 0. The molecule has 0 unspecified atom stereocenters. The molecule has 168 valence electrons. The maximum absolute atomic E-state index is 13.0. The first-order chi connectivity index (χ1) is 14.0. The Morgan fingerprint density at radius 3 is 1.90 bits per heavy atom. The van der Waals surface area contributed by atoms with Crippen molar-refractivity contribution in [3.63, 3.8) is 0 Å². The lowest BCUT2D eigenvalue weighted by atomic mass is 9.98. The molecule has 0 aliphatic heterocycles. The molecule has 1 amide bonds. The second-order valence-corrected chi connectivity index (χ2v) is 8.00. The molecule has 4 N–H and O–H groups in total. The molecule has 0 saturated heterocycles. The molecule has 0 spiro atoms. The summed E-state index contributed by atoms with van der Waals surface area (Å²) in [5.41, 5.74) is 0.651. The normalized spacial score (nSPS) is 12.3. The van der Waals surface area contributed by atoms with Gasteiger partial charge in [-0.25, -0.2) is 4.79 Å². The van der Waals surface area contributed by atoms with Gasteiger partial charge in [0.05, 0.1) is 19.6 Å². The van der Waals surface area contributed by atoms with Crippen molar-refractivity contribution in [2.75, 3.05) is 31.2 Å². The van der Waals surface area contributed by atoms with Gasteiger partial charge in [0.2, 0.25) is 5.91 Å². The summed E-state index contributed by atoms with van der Waals surface area (Å²) in [5.74, 6) is -2.76. The molecular weight excluding hydrogens is 392 g/mol. The van der Waals surface area contributed by atoms with Gasteiger partial charge >= 0.3 is 11.9 Å². The van der Waals surface area contributed by atoms with Crippen molar-refractivity contribution in [1.29, 1.82) is 0 Å². The van der Waals surface area contributed by atoms with Crippen LogP contribution in [0.3, 0.4) is 0 Å². The van der Waals surface area contributed by atoms with E-state index in [-0.39, 0.29) is 32.5 Å². The Bertz CT molecular complexity index is 707. The number of carboxylic acid groups (broad SMARTS) is 2. The number of anilines is 1. The number of aliphatic hydroxyl groups excluding tert-OH is 2. The number of aliphatic carboxylic acids is 2. The summed E-state index contributed by atoms with van der Waals surface area (Å²) in [6, 6.07) is 5.78.